The molecule has 0 saturated heterocycles. The first kappa shape index (κ1) is 23.2. The monoisotopic (exact) mass is 466 g/mol. The lowest BCUT2D eigenvalue weighted by atomic mass is 9.78. The normalized spacial score (nSPS) is 16.0. The minimum Gasteiger partial charge on any atom is -0.313 e. The van der Waals surface area contributed by atoms with Crippen molar-refractivity contribution < 1.29 is 13.2 Å². The van der Waals surface area contributed by atoms with Crippen molar-refractivity contribution >= 4 is 17.4 Å². The Morgan fingerprint density at radius 1 is 1.19 bits per heavy atom. The van der Waals surface area contributed by atoms with Gasteiger partial charge in [-0.05, 0) is 63.6 Å². The van der Waals surface area contributed by atoms with E-state index < -0.39 is 11.9 Å². The summed E-state index contributed by atoms with van der Waals surface area (Å²) >= 11 is 6.59. The minimum atomic E-state index is -4.54. The number of rotatable bonds is 7. The fraction of sp³-hybridized carbons (Fsp3) is 0.542. The zero-order valence-electron chi connectivity index (χ0n) is 19.0. The van der Waals surface area contributed by atoms with E-state index in [2.05, 4.69) is 17.2 Å². The van der Waals surface area contributed by atoms with Gasteiger partial charge in [-0.2, -0.15) is 13.2 Å². The molecule has 1 aromatic carbocycles. The van der Waals surface area contributed by atoms with Crippen LogP contribution in [0.25, 0.3) is 11.5 Å². The Morgan fingerprint density at radius 2 is 1.84 bits per heavy atom. The fourth-order valence-electron chi connectivity index (χ4n) is 4.95. The molecule has 174 valence electrons. The summed E-state index contributed by atoms with van der Waals surface area (Å²) in [7, 11) is 0. The highest BCUT2D eigenvalue weighted by molar-refractivity contribution is 6.30. The average Bonchev–Trinajstić information content (AvgIpc) is 3.14. The van der Waals surface area contributed by atoms with Crippen LogP contribution in [0.4, 0.5) is 13.2 Å². The lowest BCUT2D eigenvalue weighted by Crippen LogP contribution is -2.42. The Labute approximate surface area is 191 Å². The predicted octanol–water partition coefficient (Wildman–Crippen LogP) is 6.43. The Balaban J connectivity index is 1.87. The molecule has 0 aliphatic heterocycles. The van der Waals surface area contributed by atoms with Crippen LogP contribution < -0.4 is 5.32 Å². The number of aryl methyl sites for hydroxylation is 3. The number of nitrogens with zero attached hydrogens (tertiary/aromatic N) is 3. The van der Waals surface area contributed by atoms with E-state index in [0.29, 0.717) is 11.1 Å². The standard InChI is InChI=1S/C24H30ClF3N4/c1-5-9-29-18(17-7-6-8-17)12-19-22(24(26,27)28)30-23-31(19)13-20(25)32(23)21-15(3)10-14(2)11-16(21)4/h10-11,13,17-18,29H,5-9,12H2,1-4H3. The van der Waals surface area contributed by atoms with E-state index in [-0.39, 0.29) is 23.9 Å². The van der Waals surface area contributed by atoms with Crippen molar-refractivity contribution in [3.8, 4) is 5.69 Å². The molecule has 0 bridgehead atoms. The number of alkyl halides is 3. The maximum Gasteiger partial charge on any atom is 0.435 e. The molecule has 2 heterocycles. The second-order valence-electron chi connectivity index (χ2n) is 9.07. The van der Waals surface area contributed by atoms with E-state index in [9.17, 15) is 13.2 Å². The predicted molar refractivity (Wildman–Crippen MR) is 122 cm³/mol. The van der Waals surface area contributed by atoms with Gasteiger partial charge in [-0.25, -0.2) is 4.98 Å². The van der Waals surface area contributed by atoms with Crippen LogP contribution in [0.15, 0.2) is 18.3 Å². The molecular weight excluding hydrogens is 437 g/mol. The number of aromatic nitrogens is 3. The Morgan fingerprint density at radius 3 is 2.38 bits per heavy atom. The molecule has 2 aromatic heterocycles. The van der Waals surface area contributed by atoms with Gasteiger partial charge in [-0.1, -0.05) is 42.6 Å². The van der Waals surface area contributed by atoms with Crippen LogP contribution >= 0.6 is 11.6 Å². The number of hydrogen-bond donors (Lipinski definition) is 1. The molecule has 1 aliphatic carbocycles. The first-order chi connectivity index (χ1) is 15.1. The zero-order chi connectivity index (χ0) is 23.2. The molecule has 1 atom stereocenters. The van der Waals surface area contributed by atoms with E-state index >= 15 is 0 Å². The van der Waals surface area contributed by atoms with Crippen LogP contribution in [0.5, 0.6) is 0 Å². The maximum absolute atomic E-state index is 14.1. The van der Waals surface area contributed by atoms with Crippen molar-refractivity contribution in [2.45, 2.75) is 72.0 Å². The first-order valence-electron chi connectivity index (χ1n) is 11.3. The van der Waals surface area contributed by atoms with Gasteiger partial charge in [0.05, 0.1) is 11.4 Å². The van der Waals surface area contributed by atoms with E-state index in [1.165, 1.54) is 0 Å². The Hall–Kier alpha value is -1.99. The van der Waals surface area contributed by atoms with Gasteiger partial charge < -0.3 is 5.32 Å². The van der Waals surface area contributed by atoms with Gasteiger partial charge >= 0.3 is 6.18 Å². The number of benzene rings is 1. The van der Waals surface area contributed by atoms with Gasteiger partial charge in [0.2, 0.25) is 5.78 Å². The lowest BCUT2D eigenvalue weighted by molar-refractivity contribution is -0.141. The van der Waals surface area contributed by atoms with Crippen LogP contribution in [-0.2, 0) is 12.6 Å². The molecular formula is C24H30ClF3N4. The summed E-state index contributed by atoms with van der Waals surface area (Å²) in [6.45, 7) is 8.73. The van der Waals surface area contributed by atoms with E-state index in [1.807, 2.05) is 32.9 Å². The SMILES string of the molecule is CCCNC(Cc1c(C(F)(F)F)nc2n(-c3c(C)cc(C)cc3C)c(Cl)cn12)C1CCC1. The third-order valence-corrected chi connectivity index (χ3v) is 6.82. The van der Waals surface area contributed by atoms with Gasteiger partial charge in [0.25, 0.3) is 0 Å². The summed E-state index contributed by atoms with van der Waals surface area (Å²) in [6.07, 6.45) is 1.48. The molecule has 4 nitrogen and oxygen atoms in total. The first-order valence-corrected chi connectivity index (χ1v) is 11.7. The number of nitrogens with one attached hydrogen (secondary N) is 1. The molecule has 1 saturated carbocycles. The van der Waals surface area contributed by atoms with Crippen LogP contribution in [0.2, 0.25) is 5.15 Å². The van der Waals surface area contributed by atoms with Crippen LogP contribution in [0.3, 0.4) is 0 Å². The maximum atomic E-state index is 14.1. The Kier molecular flexibility index (Phi) is 6.34. The van der Waals surface area contributed by atoms with Crippen molar-refractivity contribution in [1.82, 2.24) is 19.3 Å². The van der Waals surface area contributed by atoms with Crippen molar-refractivity contribution in [3.63, 3.8) is 0 Å². The minimum absolute atomic E-state index is 0.00493. The van der Waals surface area contributed by atoms with Gasteiger partial charge in [0.1, 0.15) is 5.15 Å². The van der Waals surface area contributed by atoms with Crippen LogP contribution in [0.1, 0.15) is 60.7 Å². The molecule has 1 aliphatic rings. The third kappa shape index (κ3) is 4.17. The highest BCUT2D eigenvalue weighted by atomic mass is 35.5. The summed E-state index contributed by atoms with van der Waals surface area (Å²) in [6, 6.07) is 4.00. The van der Waals surface area contributed by atoms with Gasteiger partial charge in [0.15, 0.2) is 5.69 Å². The highest BCUT2D eigenvalue weighted by Crippen LogP contribution is 2.38. The molecule has 1 N–H and O–H groups in total. The smallest absolute Gasteiger partial charge is 0.313 e. The number of halogens is 4. The molecule has 32 heavy (non-hydrogen) atoms. The van der Waals surface area contributed by atoms with Crippen LogP contribution in [0, 0.1) is 26.7 Å². The number of imidazole rings is 2. The third-order valence-electron chi connectivity index (χ3n) is 6.56. The second kappa shape index (κ2) is 8.75. The largest absolute Gasteiger partial charge is 0.435 e. The molecule has 1 fully saturated rings. The summed E-state index contributed by atoms with van der Waals surface area (Å²) in [4.78, 5) is 4.11. The molecule has 0 radical (unpaired) electrons. The average molecular weight is 467 g/mol. The number of hydrogen-bond acceptors (Lipinski definition) is 2. The summed E-state index contributed by atoms with van der Waals surface area (Å²) in [5.41, 5.74) is 3.11. The van der Waals surface area contributed by atoms with Crippen molar-refractivity contribution in [2.75, 3.05) is 6.54 Å². The van der Waals surface area contributed by atoms with Crippen LogP contribution in [-0.4, -0.2) is 26.5 Å². The number of fused-ring (bicyclic) bond motifs is 1. The lowest BCUT2D eigenvalue weighted by Gasteiger charge is -2.34. The van der Waals surface area contributed by atoms with Crippen molar-refractivity contribution in [3.05, 3.63) is 51.6 Å². The summed E-state index contributed by atoms with van der Waals surface area (Å²) in [5.74, 6) is 0.600. The summed E-state index contributed by atoms with van der Waals surface area (Å²) < 4.78 is 45.4. The second-order valence-corrected chi connectivity index (χ2v) is 9.45. The van der Waals surface area contributed by atoms with Crippen molar-refractivity contribution in [1.29, 1.82) is 0 Å². The van der Waals surface area contributed by atoms with Gasteiger partial charge in [-0.3, -0.25) is 8.97 Å². The molecule has 4 rings (SSSR count). The topological polar surface area (TPSA) is 34.3 Å². The van der Waals surface area contributed by atoms with Gasteiger partial charge in [-0.15, -0.1) is 0 Å². The van der Waals surface area contributed by atoms with Gasteiger partial charge in [0, 0.05) is 18.7 Å². The highest BCUT2D eigenvalue weighted by Gasteiger charge is 2.40. The fourth-order valence-corrected chi connectivity index (χ4v) is 5.20. The van der Waals surface area contributed by atoms with E-state index in [0.717, 1.165) is 54.6 Å². The molecule has 0 amide bonds. The van der Waals surface area contributed by atoms with E-state index in [4.69, 9.17) is 11.6 Å². The Bertz CT molecular complexity index is 1100. The summed E-state index contributed by atoms with van der Waals surface area (Å²) in [5, 5.41) is 3.83. The zero-order valence-corrected chi connectivity index (χ0v) is 19.7. The van der Waals surface area contributed by atoms with E-state index in [1.54, 1.807) is 15.2 Å². The molecule has 1 unspecified atom stereocenters. The molecule has 0 spiro atoms. The van der Waals surface area contributed by atoms with Crippen molar-refractivity contribution in [2.24, 2.45) is 5.92 Å². The molecule has 3 aromatic rings. The quantitative estimate of drug-likeness (QED) is 0.435. The molecule has 8 heteroatoms.